The maximum atomic E-state index is 12.7. The van der Waals surface area contributed by atoms with Crippen LogP contribution in [0, 0.1) is 0 Å². The van der Waals surface area contributed by atoms with Crippen molar-refractivity contribution in [3.8, 4) is 5.75 Å². The van der Waals surface area contributed by atoms with E-state index in [2.05, 4.69) is 0 Å². The summed E-state index contributed by atoms with van der Waals surface area (Å²) in [5.74, 6) is 0.159. The highest BCUT2D eigenvalue weighted by molar-refractivity contribution is 8.26. The molecule has 126 valence electrons. The first-order valence-corrected chi connectivity index (χ1v) is 9.32. The quantitative estimate of drug-likeness (QED) is 0.350. The average Bonchev–Trinajstić information content (AvgIpc) is 2.83. The minimum atomic E-state index is -0.351. The molecule has 24 heavy (non-hydrogen) atoms. The zero-order valence-corrected chi connectivity index (χ0v) is 15.1. The van der Waals surface area contributed by atoms with Crippen LogP contribution >= 0.6 is 24.0 Å². The first-order valence-electron chi connectivity index (χ1n) is 8.10. The van der Waals surface area contributed by atoms with Gasteiger partial charge in [0.25, 0.3) is 5.91 Å². The normalized spacial score (nSPS) is 20.7. The lowest BCUT2D eigenvalue weighted by molar-refractivity contribution is -0.132. The number of hydrogen-bond donors (Lipinski definition) is 0. The van der Waals surface area contributed by atoms with Gasteiger partial charge in [0, 0.05) is 13.0 Å². The molecule has 0 unspecified atom stereocenters. The number of thioether (sulfide) groups is 1. The van der Waals surface area contributed by atoms with E-state index in [1.807, 2.05) is 18.2 Å². The minimum absolute atomic E-state index is 0.0148. The molecule has 0 radical (unpaired) electrons. The molecule has 1 saturated carbocycles. The van der Waals surface area contributed by atoms with Crippen molar-refractivity contribution in [1.82, 2.24) is 4.90 Å². The molecule has 1 saturated heterocycles. The summed E-state index contributed by atoms with van der Waals surface area (Å²) >= 11 is 6.80. The average molecular weight is 361 g/mol. The molecule has 3 rings (SSSR count). The molecule has 6 heteroatoms. The summed E-state index contributed by atoms with van der Waals surface area (Å²) in [6, 6.07) is 7.34. The highest BCUT2D eigenvalue weighted by Crippen LogP contribution is 2.37. The van der Waals surface area contributed by atoms with Crippen molar-refractivity contribution < 1.29 is 14.3 Å². The number of thiocarbonyl (C=S) groups is 1. The molecule has 1 aromatic rings. The van der Waals surface area contributed by atoms with E-state index in [4.69, 9.17) is 17.0 Å². The topological polar surface area (TPSA) is 46.6 Å². The lowest BCUT2D eigenvalue weighted by Crippen LogP contribution is -2.39. The van der Waals surface area contributed by atoms with Crippen molar-refractivity contribution in [3.63, 3.8) is 0 Å². The van der Waals surface area contributed by atoms with Crippen molar-refractivity contribution in [3.05, 3.63) is 34.7 Å². The van der Waals surface area contributed by atoms with Crippen molar-refractivity contribution in [2.75, 3.05) is 0 Å². The molecule has 1 aliphatic carbocycles. The minimum Gasteiger partial charge on any atom is -0.427 e. The van der Waals surface area contributed by atoms with E-state index in [-0.39, 0.29) is 17.9 Å². The smallest absolute Gasteiger partial charge is 0.308 e. The molecule has 0 atom stereocenters. The summed E-state index contributed by atoms with van der Waals surface area (Å²) < 4.78 is 5.67. The Morgan fingerprint density at radius 2 is 1.92 bits per heavy atom. The zero-order valence-electron chi connectivity index (χ0n) is 13.5. The van der Waals surface area contributed by atoms with E-state index in [9.17, 15) is 9.59 Å². The van der Waals surface area contributed by atoms with Crippen LogP contribution < -0.4 is 4.74 Å². The van der Waals surface area contributed by atoms with Crippen molar-refractivity contribution in [1.29, 1.82) is 0 Å². The predicted molar refractivity (Wildman–Crippen MR) is 99.6 cm³/mol. The Morgan fingerprint density at radius 1 is 1.25 bits per heavy atom. The number of benzene rings is 1. The van der Waals surface area contributed by atoms with Crippen LogP contribution in [-0.4, -0.2) is 27.1 Å². The molecule has 2 aliphatic rings. The molecule has 0 N–H and O–H groups in total. The number of ether oxygens (including phenoxy) is 1. The second kappa shape index (κ2) is 7.49. The summed E-state index contributed by atoms with van der Waals surface area (Å²) in [4.78, 5) is 26.1. The van der Waals surface area contributed by atoms with Crippen molar-refractivity contribution in [2.45, 2.75) is 45.1 Å². The summed E-state index contributed by atoms with van der Waals surface area (Å²) in [6.07, 6.45) is 7.50. The van der Waals surface area contributed by atoms with Crippen LogP contribution in [0.2, 0.25) is 0 Å². The van der Waals surface area contributed by atoms with Gasteiger partial charge >= 0.3 is 5.97 Å². The Kier molecular flexibility index (Phi) is 5.36. The van der Waals surface area contributed by atoms with Crippen LogP contribution in [0.15, 0.2) is 29.2 Å². The predicted octanol–water partition coefficient (Wildman–Crippen LogP) is 4.15. The molecule has 1 aliphatic heterocycles. The van der Waals surface area contributed by atoms with E-state index in [0.29, 0.717) is 15.0 Å². The number of carbonyl (C=O) groups is 2. The van der Waals surface area contributed by atoms with Gasteiger partial charge in [-0.3, -0.25) is 14.5 Å². The highest BCUT2D eigenvalue weighted by atomic mass is 32.2. The van der Waals surface area contributed by atoms with Gasteiger partial charge in [-0.2, -0.15) is 0 Å². The fraction of sp³-hybridized carbons (Fsp3) is 0.389. The Balaban J connectivity index is 1.74. The summed E-state index contributed by atoms with van der Waals surface area (Å²) in [5, 5.41) is 0. The maximum absolute atomic E-state index is 12.7. The van der Waals surface area contributed by atoms with Crippen molar-refractivity contribution in [2.24, 2.45) is 0 Å². The first kappa shape index (κ1) is 17.2. The third-order valence-electron chi connectivity index (χ3n) is 4.20. The molecule has 1 aromatic carbocycles. The van der Waals surface area contributed by atoms with Gasteiger partial charge in [0.15, 0.2) is 0 Å². The SMILES string of the molecule is CC(=O)Oc1ccc(/C=C2\SC(=S)N(C3CCCCC3)C2=O)cc1. The molecule has 1 amide bonds. The lowest BCUT2D eigenvalue weighted by atomic mass is 9.94. The monoisotopic (exact) mass is 361 g/mol. The van der Waals surface area contributed by atoms with Gasteiger partial charge in [-0.1, -0.05) is 55.4 Å². The first-order chi connectivity index (χ1) is 11.5. The van der Waals surface area contributed by atoms with Gasteiger partial charge in [0.2, 0.25) is 0 Å². The van der Waals surface area contributed by atoms with Gasteiger partial charge in [0.05, 0.1) is 4.91 Å². The Bertz CT molecular complexity index is 691. The van der Waals surface area contributed by atoms with Gasteiger partial charge < -0.3 is 4.74 Å². The van der Waals surface area contributed by atoms with Crippen LogP contribution in [0.4, 0.5) is 0 Å². The Morgan fingerprint density at radius 3 is 2.54 bits per heavy atom. The van der Waals surface area contributed by atoms with Crippen LogP contribution in [0.3, 0.4) is 0 Å². The zero-order chi connectivity index (χ0) is 17.1. The molecule has 0 spiro atoms. The third-order valence-corrected chi connectivity index (χ3v) is 5.53. The lowest BCUT2D eigenvalue weighted by Gasteiger charge is -2.29. The number of nitrogens with zero attached hydrogens (tertiary/aromatic N) is 1. The summed E-state index contributed by atoms with van der Waals surface area (Å²) in [7, 11) is 0. The van der Waals surface area contributed by atoms with Crippen molar-refractivity contribution >= 4 is 46.3 Å². The van der Waals surface area contributed by atoms with Crippen LogP contribution in [0.25, 0.3) is 6.08 Å². The maximum Gasteiger partial charge on any atom is 0.308 e. The fourth-order valence-electron chi connectivity index (χ4n) is 3.08. The summed E-state index contributed by atoms with van der Waals surface area (Å²) in [6.45, 7) is 1.37. The van der Waals surface area contributed by atoms with Gasteiger partial charge in [-0.25, -0.2) is 0 Å². The molecule has 0 aromatic heterocycles. The molecule has 0 bridgehead atoms. The molecular formula is C18H19NO3S2. The Hall–Kier alpha value is -1.66. The molecule has 4 nitrogen and oxygen atoms in total. The number of rotatable bonds is 3. The number of amides is 1. The van der Waals surface area contributed by atoms with Gasteiger partial charge in [-0.05, 0) is 36.6 Å². The summed E-state index contributed by atoms with van der Waals surface area (Å²) in [5.41, 5.74) is 0.884. The van der Waals surface area contributed by atoms with E-state index in [1.165, 1.54) is 37.9 Å². The van der Waals surface area contributed by atoms with E-state index in [0.717, 1.165) is 18.4 Å². The number of hydrogen-bond acceptors (Lipinski definition) is 5. The molecule has 1 heterocycles. The largest absolute Gasteiger partial charge is 0.427 e. The second-order valence-electron chi connectivity index (χ2n) is 6.01. The van der Waals surface area contributed by atoms with Crippen LogP contribution in [-0.2, 0) is 9.59 Å². The van der Waals surface area contributed by atoms with Gasteiger partial charge in [-0.15, -0.1) is 0 Å². The second-order valence-corrected chi connectivity index (χ2v) is 7.68. The third kappa shape index (κ3) is 3.87. The molecular weight excluding hydrogens is 342 g/mol. The van der Waals surface area contributed by atoms with E-state index in [1.54, 1.807) is 17.0 Å². The molecule has 2 fully saturated rings. The standard InChI is InChI=1S/C18H19NO3S2/c1-12(20)22-15-9-7-13(8-10-15)11-16-17(21)19(18(23)24-16)14-5-3-2-4-6-14/h7-11,14H,2-6H2,1H3/b16-11-. The van der Waals surface area contributed by atoms with Gasteiger partial charge in [0.1, 0.15) is 10.1 Å². The highest BCUT2D eigenvalue weighted by Gasteiger charge is 2.37. The number of carbonyl (C=O) groups excluding carboxylic acids is 2. The van der Waals surface area contributed by atoms with E-state index >= 15 is 0 Å². The van der Waals surface area contributed by atoms with E-state index < -0.39 is 0 Å². The van der Waals surface area contributed by atoms with Crippen LogP contribution in [0.5, 0.6) is 5.75 Å². The fourth-order valence-corrected chi connectivity index (χ4v) is 4.48. The number of esters is 1. The van der Waals surface area contributed by atoms with Crippen LogP contribution in [0.1, 0.15) is 44.6 Å². The Labute approximate surface area is 151 Å².